The van der Waals surface area contributed by atoms with E-state index in [1.165, 1.54) is 37.0 Å². The first-order valence-corrected chi connectivity index (χ1v) is 17.5. The summed E-state index contributed by atoms with van der Waals surface area (Å²) in [6, 6.07) is 6.74. The number of hydrogen-bond donors (Lipinski definition) is 3. The molecule has 1 aromatic carbocycles. The van der Waals surface area contributed by atoms with Gasteiger partial charge in [0.2, 0.25) is 10.0 Å². The number of rotatable bonds is 7. The van der Waals surface area contributed by atoms with E-state index in [2.05, 4.69) is 15.4 Å². The molecule has 216 valence electrons. The quantitative estimate of drug-likeness (QED) is 0.242. The van der Waals surface area contributed by atoms with E-state index in [1.54, 1.807) is 35.6 Å². The van der Waals surface area contributed by atoms with Crippen molar-refractivity contribution in [2.24, 2.45) is 17.8 Å². The van der Waals surface area contributed by atoms with Gasteiger partial charge in [0.15, 0.2) is 5.11 Å². The number of sulfonamides is 1. The normalized spacial score (nSPS) is 27.4. The SMILES string of the molecule is CCOC(=O)c1c(NC(=S)Nc2ccc(S(=O)(=O)NC34CC5CC(CC(C5)C3)C4)cc2)sc2c1CCCCCC2. The van der Waals surface area contributed by atoms with Crippen LogP contribution in [0.3, 0.4) is 0 Å². The number of carbonyl (C=O) groups is 1. The van der Waals surface area contributed by atoms with Crippen LogP contribution >= 0.6 is 23.6 Å². The Morgan fingerprint density at radius 2 is 1.60 bits per heavy atom. The zero-order valence-corrected chi connectivity index (χ0v) is 25.5. The molecule has 1 aromatic heterocycles. The average molecular weight is 602 g/mol. The number of aryl methyl sites for hydroxylation is 1. The number of nitrogens with one attached hydrogen (secondary N) is 3. The zero-order valence-electron chi connectivity index (χ0n) is 23.1. The molecule has 4 fully saturated rings. The highest BCUT2D eigenvalue weighted by Crippen LogP contribution is 2.56. The van der Waals surface area contributed by atoms with Crippen LogP contribution in [0.15, 0.2) is 29.2 Å². The second-order valence-corrected chi connectivity index (χ2v) is 15.4. The number of benzene rings is 1. The summed E-state index contributed by atoms with van der Waals surface area (Å²) in [6.07, 6.45) is 13.1. The van der Waals surface area contributed by atoms with Gasteiger partial charge in [-0.3, -0.25) is 0 Å². The third-order valence-electron chi connectivity index (χ3n) is 9.19. The summed E-state index contributed by atoms with van der Waals surface area (Å²) in [5, 5.41) is 7.45. The van der Waals surface area contributed by atoms with Gasteiger partial charge >= 0.3 is 5.97 Å². The lowest BCUT2D eigenvalue weighted by Gasteiger charge is -2.56. The highest BCUT2D eigenvalue weighted by Gasteiger charge is 2.52. The minimum absolute atomic E-state index is 0.273. The highest BCUT2D eigenvalue weighted by atomic mass is 32.2. The second-order valence-electron chi connectivity index (χ2n) is 12.2. The largest absolute Gasteiger partial charge is 0.462 e. The maximum atomic E-state index is 13.4. The standard InChI is InChI=1S/C30H39N3O4S3/c1-2-37-28(34)26-24-7-5-3-4-6-8-25(24)39-27(26)32-29(38)31-22-9-11-23(12-10-22)40(35,36)33-30-16-19-13-20(17-30)15-21(14-19)18-30/h9-12,19-21,33H,2-8,13-18H2,1H3,(H2,31,32,38). The fourth-order valence-electron chi connectivity index (χ4n) is 7.99. The maximum Gasteiger partial charge on any atom is 0.341 e. The molecule has 10 heteroatoms. The molecule has 0 spiro atoms. The van der Waals surface area contributed by atoms with Crippen LogP contribution in [0.2, 0.25) is 0 Å². The summed E-state index contributed by atoms with van der Waals surface area (Å²) in [5.74, 6) is 1.69. The minimum Gasteiger partial charge on any atom is -0.462 e. The van der Waals surface area contributed by atoms with E-state index < -0.39 is 10.0 Å². The molecule has 4 bridgehead atoms. The van der Waals surface area contributed by atoms with Crippen LogP contribution in [0.5, 0.6) is 0 Å². The van der Waals surface area contributed by atoms with Crippen molar-refractivity contribution in [1.29, 1.82) is 0 Å². The van der Waals surface area contributed by atoms with Gasteiger partial charge in [0.05, 0.1) is 17.1 Å². The third kappa shape index (κ3) is 5.82. The van der Waals surface area contributed by atoms with Gasteiger partial charge in [-0.1, -0.05) is 12.8 Å². The van der Waals surface area contributed by atoms with Crippen LogP contribution in [0, 0.1) is 17.8 Å². The van der Waals surface area contributed by atoms with Crippen LogP contribution < -0.4 is 15.4 Å². The van der Waals surface area contributed by atoms with E-state index in [0.717, 1.165) is 50.5 Å². The first kappa shape index (κ1) is 28.1. The van der Waals surface area contributed by atoms with Crippen molar-refractivity contribution in [3.05, 3.63) is 40.3 Å². The topological polar surface area (TPSA) is 96.5 Å². The Balaban J connectivity index is 1.14. The number of ether oxygens (including phenoxy) is 1. The summed E-state index contributed by atoms with van der Waals surface area (Å²) >= 11 is 7.18. The number of anilines is 2. The summed E-state index contributed by atoms with van der Waals surface area (Å²) in [5.41, 5.74) is 2.10. The number of thiophene rings is 1. The van der Waals surface area contributed by atoms with Crippen molar-refractivity contribution in [3.8, 4) is 0 Å². The second kappa shape index (κ2) is 11.3. The van der Waals surface area contributed by atoms with Crippen molar-refractivity contribution in [1.82, 2.24) is 4.72 Å². The van der Waals surface area contributed by atoms with Gasteiger partial charge in [0.1, 0.15) is 5.00 Å². The van der Waals surface area contributed by atoms with Gasteiger partial charge in [0.25, 0.3) is 0 Å². The Morgan fingerprint density at radius 1 is 0.975 bits per heavy atom. The monoisotopic (exact) mass is 601 g/mol. The van der Waals surface area contributed by atoms with Gasteiger partial charge < -0.3 is 15.4 Å². The summed E-state index contributed by atoms with van der Waals surface area (Å²) in [7, 11) is -3.62. The van der Waals surface area contributed by atoms with E-state index in [9.17, 15) is 13.2 Å². The number of fused-ring (bicyclic) bond motifs is 1. The molecule has 1 heterocycles. The molecule has 0 unspecified atom stereocenters. The molecule has 5 aliphatic rings. The first-order chi connectivity index (χ1) is 19.2. The number of thiocarbonyl (C=S) groups is 1. The van der Waals surface area contributed by atoms with Crippen molar-refractivity contribution < 1.29 is 17.9 Å². The van der Waals surface area contributed by atoms with Crippen molar-refractivity contribution >= 4 is 55.3 Å². The van der Waals surface area contributed by atoms with Crippen molar-refractivity contribution in [2.75, 3.05) is 17.2 Å². The van der Waals surface area contributed by atoms with Crippen molar-refractivity contribution in [3.63, 3.8) is 0 Å². The van der Waals surface area contributed by atoms with E-state index >= 15 is 0 Å². The van der Waals surface area contributed by atoms with Gasteiger partial charge in [-0.05, 0) is 131 Å². The van der Waals surface area contributed by atoms with E-state index in [0.29, 0.717) is 45.7 Å². The number of carbonyl (C=O) groups excluding carboxylic acids is 1. The lowest BCUT2D eigenvalue weighted by molar-refractivity contribution is -0.00810. The van der Waals surface area contributed by atoms with Crippen LogP contribution in [-0.2, 0) is 27.6 Å². The smallest absolute Gasteiger partial charge is 0.341 e. The van der Waals surface area contributed by atoms with Gasteiger partial charge in [0, 0.05) is 16.1 Å². The highest BCUT2D eigenvalue weighted by molar-refractivity contribution is 7.89. The zero-order chi connectivity index (χ0) is 27.9. The molecule has 40 heavy (non-hydrogen) atoms. The number of hydrogen-bond acceptors (Lipinski definition) is 6. The Bertz CT molecular complexity index is 1350. The predicted octanol–water partition coefficient (Wildman–Crippen LogP) is 6.64. The summed E-state index contributed by atoms with van der Waals surface area (Å²) in [4.78, 5) is 14.4. The maximum absolute atomic E-state index is 13.4. The molecule has 0 saturated heterocycles. The van der Waals surface area contributed by atoms with Crippen LogP contribution in [0.4, 0.5) is 10.7 Å². The van der Waals surface area contributed by atoms with Gasteiger partial charge in [-0.2, -0.15) is 0 Å². The van der Waals surface area contributed by atoms with E-state index in [4.69, 9.17) is 17.0 Å². The minimum atomic E-state index is -3.62. The molecule has 5 aliphatic carbocycles. The molecule has 2 aromatic rings. The third-order valence-corrected chi connectivity index (χ3v) is 12.2. The van der Waals surface area contributed by atoms with Crippen LogP contribution in [0.1, 0.15) is 91.9 Å². The fourth-order valence-corrected chi connectivity index (χ4v) is 11.0. The predicted molar refractivity (Wildman–Crippen MR) is 164 cm³/mol. The molecule has 3 N–H and O–H groups in total. The molecule has 4 saturated carbocycles. The lowest BCUT2D eigenvalue weighted by Crippen LogP contribution is -2.59. The molecule has 0 aliphatic heterocycles. The number of esters is 1. The summed E-state index contributed by atoms with van der Waals surface area (Å²) in [6.45, 7) is 2.13. The lowest BCUT2D eigenvalue weighted by atomic mass is 9.53. The molecule has 7 rings (SSSR count). The van der Waals surface area contributed by atoms with Crippen molar-refractivity contribution in [2.45, 2.75) is 94.4 Å². The summed E-state index contributed by atoms with van der Waals surface area (Å²) < 4.78 is 35.3. The Labute approximate surface area is 246 Å². The van der Waals surface area contributed by atoms with Crippen LogP contribution in [-0.4, -0.2) is 31.6 Å². The molecule has 0 atom stereocenters. The molecular formula is C30H39N3O4S3. The van der Waals surface area contributed by atoms with E-state index in [-0.39, 0.29) is 16.4 Å². The van der Waals surface area contributed by atoms with E-state index in [1.807, 2.05) is 6.92 Å². The molecule has 0 amide bonds. The molecular weight excluding hydrogens is 563 g/mol. The fraction of sp³-hybridized carbons (Fsp3) is 0.600. The molecule has 7 nitrogen and oxygen atoms in total. The van der Waals surface area contributed by atoms with Gasteiger partial charge in [-0.15, -0.1) is 11.3 Å². The Hall–Kier alpha value is -2.01. The molecule has 0 radical (unpaired) electrons. The first-order valence-electron chi connectivity index (χ1n) is 14.8. The average Bonchev–Trinajstić information content (AvgIpc) is 3.18. The Kier molecular flexibility index (Phi) is 7.98. The van der Waals surface area contributed by atoms with Crippen LogP contribution in [0.25, 0.3) is 0 Å². The Morgan fingerprint density at radius 3 is 2.23 bits per heavy atom. The van der Waals surface area contributed by atoms with Gasteiger partial charge in [-0.25, -0.2) is 17.9 Å².